The molecular formula is C18H21N3O3. The summed E-state index contributed by atoms with van der Waals surface area (Å²) in [7, 11) is 1.59. The Labute approximate surface area is 141 Å². The van der Waals surface area contributed by atoms with E-state index >= 15 is 0 Å². The molecule has 2 amide bonds. The van der Waals surface area contributed by atoms with E-state index in [1.165, 1.54) is 0 Å². The first-order valence-corrected chi connectivity index (χ1v) is 7.68. The number of hydrogen-bond donors (Lipinski definition) is 3. The molecule has 0 saturated carbocycles. The molecule has 0 aliphatic carbocycles. The summed E-state index contributed by atoms with van der Waals surface area (Å²) in [5.74, 6) is 0.417. The molecule has 0 unspecified atom stereocenters. The van der Waals surface area contributed by atoms with Gasteiger partial charge in [-0.25, -0.2) is 0 Å². The summed E-state index contributed by atoms with van der Waals surface area (Å²) in [5, 5.41) is 8.53. The highest BCUT2D eigenvalue weighted by atomic mass is 16.5. The standard InChI is InChI=1S/C18H21N3O3/c1-3-19-18(23)13-7-9-14(10-8-13)21-17(22)12-20-15-5-4-6-16(11-15)24-2/h4-11,20H,3,12H2,1-2H3,(H,19,23)(H,21,22). The van der Waals surface area contributed by atoms with E-state index in [4.69, 9.17) is 4.74 Å². The molecule has 0 heterocycles. The van der Waals surface area contributed by atoms with Crippen LogP contribution in [0.3, 0.4) is 0 Å². The number of carbonyl (C=O) groups is 2. The molecule has 0 radical (unpaired) electrons. The first-order chi connectivity index (χ1) is 11.6. The molecule has 3 N–H and O–H groups in total. The molecule has 6 nitrogen and oxygen atoms in total. The number of nitrogens with one attached hydrogen (secondary N) is 3. The van der Waals surface area contributed by atoms with Crippen LogP contribution in [-0.2, 0) is 4.79 Å². The van der Waals surface area contributed by atoms with Gasteiger partial charge in [-0.3, -0.25) is 9.59 Å². The molecule has 0 atom stereocenters. The second kappa shape index (κ2) is 8.57. The van der Waals surface area contributed by atoms with Gasteiger partial charge in [0.05, 0.1) is 13.7 Å². The lowest BCUT2D eigenvalue weighted by molar-refractivity contribution is -0.114. The minimum absolute atomic E-state index is 0.130. The van der Waals surface area contributed by atoms with Gasteiger partial charge in [-0.1, -0.05) is 6.07 Å². The fourth-order valence-electron chi connectivity index (χ4n) is 2.09. The fourth-order valence-corrected chi connectivity index (χ4v) is 2.09. The molecule has 0 aliphatic rings. The second-order valence-electron chi connectivity index (χ2n) is 5.07. The van der Waals surface area contributed by atoms with Crippen LogP contribution in [0.4, 0.5) is 11.4 Å². The number of rotatable bonds is 7. The lowest BCUT2D eigenvalue weighted by Gasteiger charge is -2.09. The van der Waals surface area contributed by atoms with Crippen LogP contribution in [0.25, 0.3) is 0 Å². The highest BCUT2D eigenvalue weighted by molar-refractivity contribution is 5.96. The minimum atomic E-state index is -0.177. The third kappa shape index (κ3) is 5.01. The Hall–Kier alpha value is -3.02. The quantitative estimate of drug-likeness (QED) is 0.730. The van der Waals surface area contributed by atoms with Crippen molar-refractivity contribution in [1.82, 2.24) is 5.32 Å². The largest absolute Gasteiger partial charge is 0.497 e. The number of anilines is 2. The van der Waals surface area contributed by atoms with E-state index in [0.29, 0.717) is 17.8 Å². The van der Waals surface area contributed by atoms with Gasteiger partial charge in [0, 0.05) is 29.5 Å². The number of methoxy groups -OCH3 is 1. The molecule has 0 bridgehead atoms. The fraction of sp³-hybridized carbons (Fsp3) is 0.222. The normalized spacial score (nSPS) is 9.92. The van der Waals surface area contributed by atoms with Crippen LogP contribution in [0.15, 0.2) is 48.5 Å². The first kappa shape index (κ1) is 17.3. The molecule has 0 aromatic heterocycles. The highest BCUT2D eigenvalue weighted by Gasteiger charge is 2.06. The maximum Gasteiger partial charge on any atom is 0.251 e. The minimum Gasteiger partial charge on any atom is -0.497 e. The summed E-state index contributed by atoms with van der Waals surface area (Å²) in [6, 6.07) is 14.1. The van der Waals surface area contributed by atoms with Crippen LogP contribution in [0.5, 0.6) is 5.75 Å². The van der Waals surface area contributed by atoms with Gasteiger partial charge in [-0.2, -0.15) is 0 Å². The van der Waals surface area contributed by atoms with E-state index < -0.39 is 0 Å². The average Bonchev–Trinajstić information content (AvgIpc) is 2.61. The number of ether oxygens (including phenoxy) is 1. The van der Waals surface area contributed by atoms with E-state index in [2.05, 4.69) is 16.0 Å². The molecule has 0 fully saturated rings. The van der Waals surface area contributed by atoms with E-state index in [1.807, 2.05) is 31.2 Å². The van der Waals surface area contributed by atoms with E-state index in [1.54, 1.807) is 31.4 Å². The molecule has 2 rings (SSSR count). The Kier molecular flexibility index (Phi) is 6.19. The zero-order valence-corrected chi connectivity index (χ0v) is 13.8. The number of benzene rings is 2. The third-order valence-corrected chi connectivity index (χ3v) is 3.29. The number of hydrogen-bond acceptors (Lipinski definition) is 4. The smallest absolute Gasteiger partial charge is 0.251 e. The zero-order valence-electron chi connectivity index (χ0n) is 13.8. The van der Waals surface area contributed by atoms with Gasteiger partial charge in [0.2, 0.25) is 5.91 Å². The van der Waals surface area contributed by atoms with Gasteiger partial charge in [0.1, 0.15) is 5.75 Å². The van der Waals surface area contributed by atoms with Gasteiger partial charge in [-0.05, 0) is 43.3 Å². The molecular weight excluding hydrogens is 306 g/mol. The van der Waals surface area contributed by atoms with Crippen molar-refractivity contribution in [2.75, 3.05) is 30.8 Å². The Bertz CT molecular complexity index is 699. The Morgan fingerprint density at radius 1 is 1.04 bits per heavy atom. The Morgan fingerprint density at radius 2 is 1.79 bits per heavy atom. The van der Waals surface area contributed by atoms with Crippen molar-refractivity contribution < 1.29 is 14.3 Å². The predicted octanol–water partition coefficient (Wildman–Crippen LogP) is 2.50. The summed E-state index contributed by atoms with van der Waals surface area (Å²) in [4.78, 5) is 23.6. The maximum absolute atomic E-state index is 12.0. The summed E-state index contributed by atoms with van der Waals surface area (Å²) in [6.45, 7) is 2.57. The van der Waals surface area contributed by atoms with Crippen LogP contribution in [-0.4, -0.2) is 32.0 Å². The van der Waals surface area contributed by atoms with Crippen molar-refractivity contribution >= 4 is 23.2 Å². The Morgan fingerprint density at radius 3 is 2.46 bits per heavy atom. The third-order valence-electron chi connectivity index (χ3n) is 3.29. The van der Waals surface area contributed by atoms with Crippen molar-refractivity contribution in [2.24, 2.45) is 0 Å². The predicted molar refractivity (Wildman–Crippen MR) is 94.6 cm³/mol. The molecule has 0 aliphatic heterocycles. The van der Waals surface area contributed by atoms with Crippen LogP contribution in [0.2, 0.25) is 0 Å². The monoisotopic (exact) mass is 327 g/mol. The van der Waals surface area contributed by atoms with Crippen LogP contribution in [0, 0.1) is 0 Å². The molecule has 126 valence electrons. The molecule has 24 heavy (non-hydrogen) atoms. The van der Waals surface area contributed by atoms with Gasteiger partial charge in [0.15, 0.2) is 0 Å². The van der Waals surface area contributed by atoms with Gasteiger partial charge in [0.25, 0.3) is 5.91 Å². The van der Waals surface area contributed by atoms with Crippen LogP contribution < -0.4 is 20.7 Å². The van der Waals surface area contributed by atoms with Gasteiger partial charge in [-0.15, -0.1) is 0 Å². The first-order valence-electron chi connectivity index (χ1n) is 7.68. The summed E-state index contributed by atoms with van der Waals surface area (Å²) >= 11 is 0. The maximum atomic E-state index is 12.0. The van der Waals surface area contributed by atoms with Gasteiger partial charge >= 0.3 is 0 Å². The number of carbonyl (C=O) groups excluding carboxylic acids is 2. The topological polar surface area (TPSA) is 79.5 Å². The molecule has 0 spiro atoms. The SMILES string of the molecule is CCNC(=O)c1ccc(NC(=O)CNc2cccc(OC)c2)cc1. The zero-order chi connectivity index (χ0) is 17.4. The van der Waals surface area contributed by atoms with Gasteiger partial charge < -0.3 is 20.7 Å². The molecule has 0 saturated heterocycles. The van der Waals surface area contributed by atoms with Crippen molar-refractivity contribution in [3.8, 4) is 5.75 Å². The highest BCUT2D eigenvalue weighted by Crippen LogP contribution is 2.16. The lowest BCUT2D eigenvalue weighted by atomic mass is 10.2. The van der Waals surface area contributed by atoms with Crippen molar-refractivity contribution in [1.29, 1.82) is 0 Å². The van der Waals surface area contributed by atoms with Crippen molar-refractivity contribution in [2.45, 2.75) is 6.92 Å². The second-order valence-corrected chi connectivity index (χ2v) is 5.07. The number of amides is 2. The van der Waals surface area contributed by atoms with E-state index in [9.17, 15) is 9.59 Å². The lowest BCUT2D eigenvalue weighted by Crippen LogP contribution is -2.23. The Balaban J connectivity index is 1.86. The summed E-state index contributed by atoms with van der Waals surface area (Å²) < 4.78 is 5.13. The molecule has 6 heteroatoms. The molecule has 2 aromatic rings. The summed E-state index contributed by atoms with van der Waals surface area (Å²) in [5.41, 5.74) is 2.00. The van der Waals surface area contributed by atoms with Crippen molar-refractivity contribution in [3.05, 3.63) is 54.1 Å². The van der Waals surface area contributed by atoms with E-state index in [-0.39, 0.29) is 18.4 Å². The summed E-state index contributed by atoms with van der Waals surface area (Å²) in [6.07, 6.45) is 0. The molecule has 2 aromatic carbocycles. The average molecular weight is 327 g/mol. The van der Waals surface area contributed by atoms with Crippen LogP contribution in [0.1, 0.15) is 17.3 Å². The van der Waals surface area contributed by atoms with Crippen molar-refractivity contribution in [3.63, 3.8) is 0 Å². The van der Waals surface area contributed by atoms with Crippen LogP contribution >= 0.6 is 0 Å². The van der Waals surface area contributed by atoms with E-state index in [0.717, 1.165) is 11.4 Å².